The Balaban J connectivity index is 1.68. The topological polar surface area (TPSA) is 93.1 Å². The van der Waals surface area contributed by atoms with Gasteiger partial charge in [0, 0.05) is 32.1 Å². The van der Waals surface area contributed by atoms with Crippen molar-refractivity contribution in [3.8, 4) is 0 Å². The smallest absolute Gasteiger partial charge is 0.317 e. The number of carbonyl (C=O) groups is 3. The zero-order valence-electron chi connectivity index (χ0n) is 21.9. The predicted octanol–water partition coefficient (Wildman–Crippen LogP) is 4.28. The Kier molecular flexibility index (Phi) is 8.27. The molecule has 3 aromatic carbocycles. The van der Waals surface area contributed by atoms with Crippen molar-refractivity contribution in [2.45, 2.75) is 38.1 Å². The van der Waals surface area contributed by atoms with E-state index < -0.39 is 41.1 Å². The molecule has 0 saturated heterocycles. The highest BCUT2D eigenvalue weighted by Gasteiger charge is 2.57. The van der Waals surface area contributed by atoms with Crippen molar-refractivity contribution in [2.24, 2.45) is 11.8 Å². The van der Waals surface area contributed by atoms with Gasteiger partial charge in [-0.1, -0.05) is 72.8 Å². The maximum Gasteiger partial charge on any atom is 0.317 e. The second kappa shape index (κ2) is 11.6. The number of ether oxygens (including phenoxy) is 2. The number of ketones is 1. The van der Waals surface area contributed by atoms with Gasteiger partial charge in [0.25, 0.3) is 0 Å². The average Bonchev–Trinajstić information content (AvgIpc) is 2.90. The normalized spacial score (nSPS) is 22.9. The lowest BCUT2D eigenvalue weighted by Gasteiger charge is -2.43. The molecule has 4 atom stereocenters. The molecule has 198 valence electrons. The molecule has 1 fully saturated rings. The van der Waals surface area contributed by atoms with Crippen LogP contribution in [0.4, 0.5) is 5.69 Å². The fourth-order valence-corrected chi connectivity index (χ4v) is 5.05. The van der Waals surface area contributed by atoms with Gasteiger partial charge in [0.2, 0.25) is 0 Å². The summed E-state index contributed by atoms with van der Waals surface area (Å²) in [6, 6.07) is 25.6. The van der Waals surface area contributed by atoms with Crippen molar-refractivity contribution < 1.29 is 29.0 Å². The van der Waals surface area contributed by atoms with E-state index >= 15 is 0 Å². The molecule has 0 aromatic heterocycles. The summed E-state index contributed by atoms with van der Waals surface area (Å²) >= 11 is 0. The number of hydrogen-bond donors (Lipinski definition) is 1. The Morgan fingerprint density at radius 2 is 1.34 bits per heavy atom. The first-order valence-electron chi connectivity index (χ1n) is 12.6. The summed E-state index contributed by atoms with van der Waals surface area (Å²) in [6.07, 6.45) is -0.366. The van der Waals surface area contributed by atoms with Gasteiger partial charge in [-0.05, 0) is 35.7 Å². The van der Waals surface area contributed by atoms with E-state index in [1.807, 2.05) is 91.8 Å². The summed E-state index contributed by atoms with van der Waals surface area (Å²) in [7, 11) is 3.80. The van der Waals surface area contributed by atoms with E-state index in [2.05, 4.69) is 0 Å². The molecular weight excluding hydrogens is 482 g/mol. The van der Waals surface area contributed by atoms with Crippen molar-refractivity contribution in [3.05, 3.63) is 102 Å². The molecule has 1 aliphatic carbocycles. The Hall–Kier alpha value is -3.97. The summed E-state index contributed by atoms with van der Waals surface area (Å²) in [5.74, 6) is -5.26. The summed E-state index contributed by atoms with van der Waals surface area (Å²) in [5, 5.41) is 11.4. The molecule has 0 spiro atoms. The zero-order valence-corrected chi connectivity index (χ0v) is 21.9. The number of benzene rings is 3. The van der Waals surface area contributed by atoms with Gasteiger partial charge in [0.05, 0.1) is 11.5 Å². The van der Waals surface area contributed by atoms with E-state index in [1.54, 1.807) is 12.1 Å². The van der Waals surface area contributed by atoms with E-state index in [9.17, 15) is 19.5 Å². The molecule has 7 heteroatoms. The largest absolute Gasteiger partial charge is 0.461 e. The monoisotopic (exact) mass is 515 g/mol. The van der Waals surface area contributed by atoms with E-state index in [1.165, 1.54) is 6.92 Å². The molecule has 1 saturated carbocycles. The number of aliphatic hydroxyl groups is 1. The molecule has 4 rings (SSSR count). The lowest BCUT2D eigenvalue weighted by molar-refractivity contribution is -0.174. The van der Waals surface area contributed by atoms with Gasteiger partial charge in [-0.2, -0.15) is 0 Å². The van der Waals surface area contributed by atoms with Crippen LogP contribution in [0.25, 0.3) is 0 Å². The quantitative estimate of drug-likeness (QED) is 0.354. The van der Waals surface area contributed by atoms with Gasteiger partial charge in [-0.15, -0.1) is 0 Å². The number of anilines is 1. The van der Waals surface area contributed by atoms with Gasteiger partial charge in [-0.25, -0.2) is 0 Å². The number of hydrogen-bond acceptors (Lipinski definition) is 7. The molecule has 7 nitrogen and oxygen atoms in total. The highest BCUT2D eigenvalue weighted by Crippen LogP contribution is 2.47. The van der Waals surface area contributed by atoms with Gasteiger partial charge in [-0.3, -0.25) is 14.4 Å². The van der Waals surface area contributed by atoms with E-state index in [4.69, 9.17) is 9.47 Å². The summed E-state index contributed by atoms with van der Waals surface area (Å²) < 4.78 is 11.2. The van der Waals surface area contributed by atoms with Crippen LogP contribution in [-0.4, -0.2) is 42.5 Å². The minimum atomic E-state index is -1.72. The molecule has 0 aliphatic heterocycles. The first-order valence-corrected chi connectivity index (χ1v) is 12.6. The molecular formula is C31H33NO6. The van der Waals surface area contributed by atoms with E-state index in [0.29, 0.717) is 5.56 Å². The Morgan fingerprint density at radius 1 is 0.842 bits per heavy atom. The molecule has 0 radical (unpaired) electrons. The number of esters is 2. The minimum Gasteiger partial charge on any atom is -0.461 e. The fraction of sp³-hybridized carbons (Fsp3) is 0.323. The summed E-state index contributed by atoms with van der Waals surface area (Å²) in [6.45, 7) is 1.46. The van der Waals surface area contributed by atoms with Gasteiger partial charge in [0.15, 0.2) is 5.78 Å². The molecule has 0 unspecified atom stereocenters. The third-order valence-corrected chi connectivity index (χ3v) is 7.02. The van der Waals surface area contributed by atoms with Crippen molar-refractivity contribution in [2.75, 3.05) is 19.0 Å². The molecule has 0 amide bonds. The maximum absolute atomic E-state index is 13.5. The lowest BCUT2D eigenvalue weighted by Crippen LogP contribution is -2.55. The Labute approximate surface area is 223 Å². The van der Waals surface area contributed by atoms with Crippen molar-refractivity contribution in [1.82, 2.24) is 0 Å². The van der Waals surface area contributed by atoms with Crippen LogP contribution in [0.5, 0.6) is 0 Å². The third-order valence-electron chi connectivity index (χ3n) is 7.02. The first-order chi connectivity index (χ1) is 18.2. The minimum absolute atomic E-state index is 0.00471. The molecule has 3 aromatic rings. The summed E-state index contributed by atoms with van der Waals surface area (Å²) in [4.78, 5) is 42.2. The second-order valence-corrected chi connectivity index (χ2v) is 10.2. The fourth-order valence-electron chi connectivity index (χ4n) is 5.05. The Bertz CT molecular complexity index is 1250. The van der Waals surface area contributed by atoms with Crippen molar-refractivity contribution >= 4 is 23.4 Å². The molecule has 1 aliphatic rings. The SMILES string of the molecule is CN(C)c1ccc([C@@H]2[C@H](C(=O)OCc3ccccc3)C(=O)C[C@@](C)(O)[C@@H]2C(=O)OCc2ccccc2)cc1. The van der Waals surface area contributed by atoms with E-state index in [-0.39, 0.29) is 19.6 Å². The number of rotatable bonds is 8. The third kappa shape index (κ3) is 6.11. The number of nitrogens with zero attached hydrogens (tertiary/aromatic N) is 1. The average molecular weight is 516 g/mol. The maximum atomic E-state index is 13.5. The molecule has 1 N–H and O–H groups in total. The lowest BCUT2D eigenvalue weighted by atomic mass is 9.61. The molecule has 38 heavy (non-hydrogen) atoms. The number of Topliss-reactive ketones (excluding diaryl/α,β-unsaturated/α-hetero) is 1. The van der Waals surface area contributed by atoms with E-state index in [0.717, 1.165) is 16.8 Å². The van der Waals surface area contributed by atoms with Crippen LogP contribution in [0.3, 0.4) is 0 Å². The van der Waals surface area contributed by atoms with Crippen LogP contribution in [0, 0.1) is 11.8 Å². The number of carbonyl (C=O) groups excluding carboxylic acids is 3. The van der Waals surface area contributed by atoms with Crippen LogP contribution in [0.2, 0.25) is 0 Å². The molecule has 0 heterocycles. The van der Waals surface area contributed by atoms with Gasteiger partial charge < -0.3 is 19.5 Å². The van der Waals surface area contributed by atoms with Crippen molar-refractivity contribution in [1.29, 1.82) is 0 Å². The van der Waals surface area contributed by atoms with Crippen LogP contribution >= 0.6 is 0 Å². The standard InChI is InChI=1S/C31H33NO6/c1-31(36)18-25(33)27(29(34)37-19-21-10-6-4-7-11-21)26(23-14-16-24(17-15-23)32(2)3)28(31)30(35)38-20-22-12-8-5-9-13-22/h4-17,26-28,36H,18-20H2,1-3H3/t26-,27-,28+,31-/m1/s1. The highest BCUT2D eigenvalue weighted by molar-refractivity contribution is 6.02. The summed E-state index contributed by atoms with van der Waals surface area (Å²) in [5.41, 5.74) is 1.34. The zero-order chi connectivity index (χ0) is 27.3. The predicted molar refractivity (Wildman–Crippen MR) is 143 cm³/mol. The highest BCUT2D eigenvalue weighted by atomic mass is 16.5. The van der Waals surface area contributed by atoms with Gasteiger partial charge in [0.1, 0.15) is 19.1 Å². The Morgan fingerprint density at radius 3 is 1.84 bits per heavy atom. The second-order valence-electron chi connectivity index (χ2n) is 10.2. The van der Waals surface area contributed by atoms with Crippen LogP contribution in [0.1, 0.15) is 36.0 Å². The first kappa shape index (κ1) is 27.1. The van der Waals surface area contributed by atoms with Crippen LogP contribution in [-0.2, 0) is 37.1 Å². The van der Waals surface area contributed by atoms with Gasteiger partial charge >= 0.3 is 11.9 Å². The molecule has 0 bridgehead atoms. The van der Waals surface area contributed by atoms with Crippen LogP contribution in [0.15, 0.2) is 84.9 Å². The van der Waals surface area contributed by atoms with Crippen LogP contribution < -0.4 is 4.90 Å². The van der Waals surface area contributed by atoms with Crippen molar-refractivity contribution in [3.63, 3.8) is 0 Å².